The van der Waals surface area contributed by atoms with Gasteiger partial charge in [-0.2, -0.15) is 0 Å². The Morgan fingerprint density at radius 2 is 1.94 bits per heavy atom. The van der Waals surface area contributed by atoms with E-state index in [1.807, 2.05) is 82.1 Å². The maximum Gasteiger partial charge on any atom is 0.210 e. The van der Waals surface area contributed by atoms with Crippen molar-refractivity contribution in [3.8, 4) is 0 Å². The predicted molar refractivity (Wildman–Crippen MR) is 147 cm³/mol. The third kappa shape index (κ3) is 11.0. The Kier molecular flexibility index (Phi) is 13.3. The van der Waals surface area contributed by atoms with E-state index in [1.54, 1.807) is 7.11 Å². The van der Waals surface area contributed by atoms with Crippen LogP contribution in [0.3, 0.4) is 0 Å². The lowest BCUT2D eigenvalue weighted by Crippen LogP contribution is -2.36. The number of nitrogens with two attached hydrogens (primary N) is 1. The Balaban J connectivity index is 0.000000670. The normalized spacial score (nSPS) is 17.4. The van der Waals surface area contributed by atoms with Gasteiger partial charge in [0.05, 0.1) is 17.3 Å². The van der Waals surface area contributed by atoms with E-state index >= 15 is 0 Å². The molecule has 0 aromatic carbocycles. The number of aromatic nitrogens is 2. The summed E-state index contributed by atoms with van der Waals surface area (Å²) in [7, 11) is 1.71. The SMILES string of the molecule is CC.CC1(C)CC(CCC(Nc2cccc(SN)n2)c2ccccn2)CN1C=O.COC(C)(C)C. The van der Waals surface area contributed by atoms with Gasteiger partial charge < -0.3 is 15.0 Å². The molecule has 7 nitrogen and oxygen atoms in total. The lowest BCUT2D eigenvalue weighted by atomic mass is 9.91. The highest BCUT2D eigenvalue weighted by Gasteiger charge is 2.37. The highest BCUT2D eigenvalue weighted by molar-refractivity contribution is 7.97. The van der Waals surface area contributed by atoms with Gasteiger partial charge in [-0.05, 0) is 96.0 Å². The lowest BCUT2D eigenvalue weighted by Gasteiger charge is -2.27. The number of nitrogens with one attached hydrogen (secondary N) is 1. The second-order valence-corrected chi connectivity index (χ2v) is 10.6. The van der Waals surface area contributed by atoms with Crippen LogP contribution < -0.4 is 10.5 Å². The fourth-order valence-corrected chi connectivity index (χ4v) is 4.12. The molecular weight excluding hydrogens is 458 g/mol. The maximum atomic E-state index is 11.3. The van der Waals surface area contributed by atoms with Crippen LogP contribution in [0, 0.1) is 5.92 Å². The van der Waals surface area contributed by atoms with Gasteiger partial charge in [0.2, 0.25) is 6.41 Å². The largest absolute Gasteiger partial charge is 0.379 e. The Bertz CT molecular complexity index is 858. The van der Waals surface area contributed by atoms with Crippen LogP contribution >= 0.6 is 11.9 Å². The van der Waals surface area contributed by atoms with Crippen molar-refractivity contribution in [3.05, 3.63) is 48.3 Å². The molecule has 0 spiro atoms. The number of nitrogens with zero attached hydrogens (tertiary/aromatic N) is 3. The number of methoxy groups -OCH3 is 1. The molecule has 35 heavy (non-hydrogen) atoms. The number of rotatable bonds is 8. The summed E-state index contributed by atoms with van der Waals surface area (Å²) in [4.78, 5) is 22.3. The van der Waals surface area contributed by atoms with E-state index < -0.39 is 0 Å². The van der Waals surface area contributed by atoms with Gasteiger partial charge in [0.15, 0.2) is 0 Å². The third-order valence-electron chi connectivity index (χ3n) is 5.84. The Morgan fingerprint density at radius 3 is 2.46 bits per heavy atom. The lowest BCUT2D eigenvalue weighted by molar-refractivity contribution is -0.120. The van der Waals surface area contributed by atoms with Crippen molar-refractivity contribution in [2.75, 3.05) is 19.0 Å². The van der Waals surface area contributed by atoms with Crippen molar-refractivity contribution in [1.29, 1.82) is 0 Å². The van der Waals surface area contributed by atoms with E-state index in [1.165, 1.54) is 0 Å². The maximum absolute atomic E-state index is 11.3. The van der Waals surface area contributed by atoms with E-state index in [-0.39, 0.29) is 17.2 Å². The first-order valence-corrected chi connectivity index (χ1v) is 13.2. The number of carbonyl (C=O) groups is 1. The zero-order valence-electron chi connectivity index (χ0n) is 22.7. The average Bonchev–Trinajstić information content (AvgIpc) is 3.16. The molecular formula is C27H45N5O2S. The highest BCUT2D eigenvalue weighted by atomic mass is 32.2. The van der Waals surface area contributed by atoms with E-state index in [4.69, 9.17) is 9.88 Å². The molecule has 2 aromatic rings. The summed E-state index contributed by atoms with van der Waals surface area (Å²) in [6.07, 6.45) is 5.77. The molecule has 2 atom stereocenters. The van der Waals surface area contributed by atoms with Gasteiger partial charge in [0, 0.05) is 25.4 Å². The Hall–Kier alpha value is -2.16. The smallest absolute Gasteiger partial charge is 0.210 e. The van der Waals surface area contributed by atoms with Gasteiger partial charge in [-0.3, -0.25) is 14.9 Å². The van der Waals surface area contributed by atoms with Crippen LogP contribution in [0.15, 0.2) is 47.6 Å². The summed E-state index contributed by atoms with van der Waals surface area (Å²) in [6.45, 7) is 15.2. The molecule has 0 saturated carbocycles. The van der Waals surface area contributed by atoms with Crippen LogP contribution in [0.4, 0.5) is 5.82 Å². The number of hydrogen-bond donors (Lipinski definition) is 2. The summed E-state index contributed by atoms with van der Waals surface area (Å²) >= 11 is 1.14. The van der Waals surface area contributed by atoms with Crippen molar-refractivity contribution in [1.82, 2.24) is 14.9 Å². The van der Waals surface area contributed by atoms with Crippen LogP contribution in [0.2, 0.25) is 0 Å². The molecule has 1 saturated heterocycles. The van der Waals surface area contributed by atoms with Gasteiger partial charge in [-0.15, -0.1) is 0 Å². The van der Waals surface area contributed by atoms with Crippen molar-refractivity contribution in [2.24, 2.45) is 11.1 Å². The van der Waals surface area contributed by atoms with E-state index in [2.05, 4.69) is 29.1 Å². The number of ether oxygens (including phenoxy) is 1. The summed E-state index contributed by atoms with van der Waals surface area (Å²) < 4.78 is 4.94. The summed E-state index contributed by atoms with van der Waals surface area (Å²) in [5.74, 6) is 1.29. The molecule has 3 heterocycles. The fourth-order valence-electron chi connectivity index (χ4n) is 3.81. The van der Waals surface area contributed by atoms with Crippen molar-refractivity contribution in [3.63, 3.8) is 0 Å². The van der Waals surface area contributed by atoms with Crippen molar-refractivity contribution >= 4 is 24.2 Å². The summed E-state index contributed by atoms with van der Waals surface area (Å²) in [5.41, 5.74) is 0.976. The summed E-state index contributed by atoms with van der Waals surface area (Å²) in [5, 5.41) is 9.93. The predicted octanol–water partition coefficient (Wildman–Crippen LogP) is 6.09. The third-order valence-corrected chi connectivity index (χ3v) is 6.30. The quantitative estimate of drug-likeness (QED) is 0.332. The second kappa shape index (κ2) is 15.1. The fraction of sp³-hybridized carbons (Fsp3) is 0.593. The van der Waals surface area contributed by atoms with Crippen molar-refractivity contribution < 1.29 is 9.53 Å². The van der Waals surface area contributed by atoms with Crippen LogP contribution in [0.5, 0.6) is 0 Å². The first kappa shape index (κ1) is 30.9. The van der Waals surface area contributed by atoms with Crippen LogP contribution in [0.1, 0.15) is 79.5 Å². The monoisotopic (exact) mass is 503 g/mol. The Labute approximate surface area is 216 Å². The molecule has 8 heteroatoms. The minimum atomic E-state index is -0.0609. The Morgan fingerprint density at radius 1 is 1.26 bits per heavy atom. The molecule has 1 aliphatic rings. The standard InChI is InChI=1S/C20H27N5OS.C5H12O.C2H6/c1-20(2)12-15(13-25(20)14-26)9-10-17(16-6-3-4-11-22-16)23-18-7-5-8-19(24-18)27-21;1-5(2,3)6-4;1-2/h3-8,11,14-15,17H,9-10,12-13,21H2,1-2H3,(H,23,24);1-4H3;1-2H3. The van der Waals surface area contributed by atoms with E-state index in [9.17, 15) is 4.79 Å². The number of amides is 1. The number of carbonyl (C=O) groups excluding carboxylic acids is 1. The first-order valence-electron chi connectivity index (χ1n) is 12.4. The molecule has 0 bridgehead atoms. The van der Waals surface area contributed by atoms with Gasteiger partial charge in [-0.25, -0.2) is 4.98 Å². The van der Waals surface area contributed by atoms with E-state index in [0.29, 0.717) is 5.92 Å². The molecule has 1 fully saturated rings. The molecule has 1 amide bonds. The number of pyridine rings is 2. The average molecular weight is 504 g/mol. The minimum Gasteiger partial charge on any atom is -0.379 e. The summed E-state index contributed by atoms with van der Waals surface area (Å²) in [6, 6.07) is 11.8. The molecule has 0 aliphatic carbocycles. The zero-order valence-corrected chi connectivity index (χ0v) is 23.6. The molecule has 196 valence electrons. The molecule has 2 aromatic heterocycles. The zero-order chi connectivity index (χ0) is 26.5. The van der Waals surface area contributed by atoms with E-state index in [0.717, 1.165) is 60.7 Å². The van der Waals surface area contributed by atoms with Crippen LogP contribution in [-0.2, 0) is 9.53 Å². The first-order chi connectivity index (χ1) is 16.6. The topological polar surface area (TPSA) is 93.4 Å². The molecule has 1 aliphatic heterocycles. The molecule has 3 rings (SSSR count). The van der Waals surface area contributed by atoms with Gasteiger partial charge in [0.1, 0.15) is 10.8 Å². The van der Waals surface area contributed by atoms with Gasteiger partial charge in [0.25, 0.3) is 0 Å². The van der Waals surface area contributed by atoms with Gasteiger partial charge in [-0.1, -0.05) is 26.0 Å². The highest BCUT2D eigenvalue weighted by Crippen LogP contribution is 2.35. The van der Waals surface area contributed by atoms with Gasteiger partial charge >= 0.3 is 0 Å². The molecule has 3 N–H and O–H groups in total. The number of likely N-dealkylation sites (tertiary alicyclic amines) is 1. The van der Waals surface area contributed by atoms with Crippen LogP contribution in [0.25, 0.3) is 0 Å². The molecule has 0 radical (unpaired) electrons. The van der Waals surface area contributed by atoms with Crippen LogP contribution in [-0.4, -0.2) is 46.1 Å². The number of hydrogen-bond acceptors (Lipinski definition) is 7. The number of anilines is 1. The molecule has 2 unspecified atom stereocenters. The minimum absolute atomic E-state index is 0.0417. The second-order valence-electron chi connectivity index (χ2n) is 9.96. The van der Waals surface area contributed by atoms with Crippen molar-refractivity contribution in [2.45, 2.75) is 89.9 Å².